The summed E-state index contributed by atoms with van der Waals surface area (Å²) in [5.74, 6) is -0.309. The fourth-order valence-electron chi connectivity index (χ4n) is 2.34. The van der Waals surface area contributed by atoms with Crippen molar-refractivity contribution < 1.29 is 13.2 Å². The maximum atomic E-state index is 12.7. The molecule has 148 valence electrons. The molecule has 0 aliphatic carbocycles. The van der Waals surface area contributed by atoms with Gasteiger partial charge < -0.3 is 11.1 Å². The van der Waals surface area contributed by atoms with Crippen LogP contribution in [-0.4, -0.2) is 26.4 Å². The van der Waals surface area contributed by atoms with Crippen LogP contribution >= 0.6 is 12.4 Å². The van der Waals surface area contributed by atoms with Crippen molar-refractivity contribution in [3.63, 3.8) is 0 Å². The fourth-order valence-corrected chi connectivity index (χ4v) is 3.72. The van der Waals surface area contributed by atoms with Crippen LogP contribution in [0.15, 0.2) is 47.4 Å². The van der Waals surface area contributed by atoms with Gasteiger partial charge in [-0.2, -0.15) is 0 Å². The Hall–Kier alpha value is -2.09. The first-order valence-electron chi connectivity index (χ1n) is 8.25. The molecule has 27 heavy (non-hydrogen) atoms. The van der Waals surface area contributed by atoms with Crippen molar-refractivity contribution in [3.8, 4) is 0 Å². The average Bonchev–Trinajstić information content (AvgIpc) is 2.54. The van der Waals surface area contributed by atoms with E-state index in [1.54, 1.807) is 37.3 Å². The maximum Gasteiger partial charge on any atom is 0.262 e. The zero-order chi connectivity index (χ0) is 19.5. The van der Waals surface area contributed by atoms with Crippen LogP contribution in [0.1, 0.15) is 35.3 Å². The molecule has 0 aliphatic rings. The molecule has 0 atom stereocenters. The van der Waals surface area contributed by atoms with Crippen molar-refractivity contribution in [2.24, 2.45) is 5.73 Å². The molecule has 0 unspecified atom stereocenters. The molecule has 0 aliphatic heterocycles. The molecule has 1 amide bonds. The van der Waals surface area contributed by atoms with Crippen LogP contribution in [0.2, 0.25) is 0 Å². The highest BCUT2D eigenvalue weighted by Crippen LogP contribution is 2.21. The molecule has 0 saturated carbocycles. The van der Waals surface area contributed by atoms with Crippen molar-refractivity contribution in [1.82, 2.24) is 5.32 Å². The Morgan fingerprint density at radius 3 is 2.41 bits per heavy atom. The monoisotopic (exact) mass is 411 g/mol. The van der Waals surface area contributed by atoms with Gasteiger partial charge in [0, 0.05) is 23.3 Å². The van der Waals surface area contributed by atoms with E-state index < -0.39 is 15.6 Å². The molecule has 0 aromatic heterocycles. The normalized spacial score (nSPS) is 11.4. The smallest absolute Gasteiger partial charge is 0.262 e. The van der Waals surface area contributed by atoms with E-state index in [2.05, 4.69) is 10.0 Å². The second-order valence-electron chi connectivity index (χ2n) is 7.13. The molecule has 0 heterocycles. The van der Waals surface area contributed by atoms with Crippen LogP contribution in [0, 0.1) is 13.8 Å². The lowest BCUT2D eigenvalue weighted by atomic mass is 10.1. The molecule has 8 heteroatoms. The van der Waals surface area contributed by atoms with Gasteiger partial charge in [-0.3, -0.25) is 9.52 Å². The van der Waals surface area contributed by atoms with Gasteiger partial charge >= 0.3 is 0 Å². The molecule has 0 spiro atoms. The molecular formula is C19H26ClN3O3S. The second-order valence-corrected chi connectivity index (χ2v) is 8.78. The van der Waals surface area contributed by atoms with Crippen molar-refractivity contribution in [2.75, 3.05) is 11.3 Å². The van der Waals surface area contributed by atoms with Gasteiger partial charge in [0.15, 0.2) is 0 Å². The topological polar surface area (TPSA) is 101 Å². The number of amides is 1. The summed E-state index contributed by atoms with van der Waals surface area (Å²) < 4.78 is 27.9. The largest absolute Gasteiger partial charge is 0.350 e. The molecule has 0 saturated heterocycles. The highest BCUT2D eigenvalue weighted by atomic mass is 35.5. The van der Waals surface area contributed by atoms with Crippen LogP contribution < -0.4 is 15.8 Å². The van der Waals surface area contributed by atoms with Gasteiger partial charge in [-0.15, -0.1) is 12.4 Å². The minimum Gasteiger partial charge on any atom is -0.350 e. The first-order chi connectivity index (χ1) is 12.0. The first-order valence-corrected chi connectivity index (χ1v) is 9.73. The summed E-state index contributed by atoms with van der Waals surface area (Å²) in [5.41, 5.74) is 7.52. The molecule has 4 N–H and O–H groups in total. The number of sulfonamides is 1. The maximum absolute atomic E-state index is 12.7. The van der Waals surface area contributed by atoms with Gasteiger partial charge in [0.1, 0.15) is 0 Å². The van der Waals surface area contributed by atoms with Crippen molar-refractivity contribution in [1.29, 1.82) is 0 Å². The second kappa shape index (κ2) is 8.73. The third-order valence-corrected chi connectivity index (χ3v) is 5.24. The Bertz CT molecular complexity index is 922. The molecule has 0 bridgehead atoms. The van der Waals surface area contributed by atoms with Gasteiger partial charge in [-0.05, 0) is 63.1 Å². The zero-order valence-corrected chi connectivity index (χ0v) is 17.5. The third kappa shape index (κ3) is 6.53. The number of benzene rings is 2. The van der Waals surface area contributed by atoms with Crippen LogP contribution in [0.5, 0.6) is 0 Å². The molecule has 2 aromatic carbocycles. The number of carbonyl (C=O) groups is 1. The van der Waals surface area contributed by atoms with Gasteiger partial charge in [0.25, 0.3) is 15.9 Å². The summed E-state index contributed by atoms with van der Waals surface area (Å²) in [5, 5.41) is 2.74. The number of hydrogen-bond acceptors (Lipinski definition) is 4. The van der Waals surface area contributed by atoms with E-state index in [-0.39, 0.29) is 23.2 Å². The Labute approximate surface area is 167 Å². The number of anilines is 1. The highest BCUT2D eigenvalue weighted by Gasteiger charge is 2.18. The average molecular weight is 412 g/mol. The summed E-state index contributed by atoms with van der Waals surface area (Å²) in [6.45, 7) is 7.50. The molecule has 2 aromatic rings. The predicted molar refractivity (Wildman–Crippen MR) is 111 cm³/mol. The quantitative estimate of drug-likeness (QED) is 0.680. The highest BCUT2D eigenvalue weighted by molar-refractivity contribution is 7.92. The molecular weight excluding hydrogens is 386 g/mol. The Kier molecular flexibility index (Phi) is 7.42. The minimum absolute atomic E-state index is 0. The predicted octanol–water partition coefficient (Wildman–Crippen LogP) is 2.99. The van der Waals surface area contributed by atoms with Gasteiger partial charge in [-0.1, -0.05) is 18.2 Å². The van der Waals surface area contributed by atoms with E-state index in [0.29, 0.717) is 23.4 Å². The van der Waals surface area contributed by atoms with E-state index in [0.717, 1.165) is 5.56 Å². The third-order valence-electron chi connectivity index (χ3n) is 3.71. The summed E-state index contributed by atoms with van der Waals surface area (Å²) in [6.07, 6.45) is 0. The standard InChI is InChI=1S/C19H25N3O3S.ClH/c1-13-8-9-14(2)17(10-13)26(24,25)22-16-7-5-6-15(11-16)18(23)21-12-19(3,4)20;/h5-11,22H,12,20H2,1-4H3,(H,21,23);1H. The molecule has 2 rings (SSSR count). The van der Waals surface area contributed by atoms with Crippen LogP contribution in [0.4, 0.5) is 5.69 Å². The summed E-state index contributed by atoms with van der Waals surface area (Å²) in [6, 6.07) is 11.6. The summed E-state index contributed by atoms with van der Waals surface area (Å²) in [4.78, 5) is 12.5. The van der Waals surface area contributed by atoms with Crippen molar-refractivity contribution in [2.45, 2.75) is 38.1 Å². The molecule has 0 radical (unpaired) electrons. The summed E-state index contributed by atoms with van der Waals surface area (Å²) in [7, 11) is -3.75. The van der Waals surface area contributed by atoms with Gasteiger partial charge in [0.05, 0.1) is 4.90 Å². The van der Waals surface area contributed by atoms with Gasteiger partial charge in [-0.25, -0.2) is 8.42 Å². The number of aryl methyl sites for hydroxylation is 2. The van der Waals surface area contributed by atoms with E-state index >= 15 is 0 Å². The Morgan fingerprint density at radius 1 is 1.11 bits per heavy atom. The number of halogens is 1. The van der Waals surface area contributed by atoms with Crippen LogP contribution in [0.25, 0.3) is 0 Å². The van der Waals surface area contributed by atoms with E-state index in [1.807, 2.05) is 26.8 Å². The number of nitrogens with one attached hydrogen (secondary N) is 2. The number of rotatable bonds is 6. The zero-order valence-electron chi connectivity index (χ0n) is 15.9. The molecule has 0 fully saturated rings. The number of nitrogens with two attached hydrogens (primary N) is 1. The number of carbonyl (C=O) groups excluding carboxylic acids is 1. The Morgan fingerprint density at radius 2 is 1.78 bits per heavy atom. The van der Waals surface area contributed by atoms with Crippen molar-refractivity contribution >= 4 is 34.0 Å². The lowest BCUT2D eigenvalue weighted by Gasteiger charge is -2.19. The number of hydrogen-bond donors (Lipinski definition) is 3. The van der Waals surface area contributed by atoms with Gasteiger partial charge in [0.2, 0.25) is 0 Å². The summed E-state index contributed by atoms with van der Waals surface area (Å²) >= 11 is 0. The lowest BCUT2D eigenvalue weighted by Crippen LogP contribution is -2.45. The van der Waals surface area contributed by atoms with E-state index in [1.165, 1.54) is 6.07 Å². The van der Waals surface area contributed by atoms with Crippen molar-refractivity contribution in [3.05, 3.63) is 59.2 Å². The molecule has 6 nitrogen and oxygen atoms in total. The van der Waals surface area contributed by atoms with E-state index in [4.69, 9.17) is 5.73 Å². The van der Waals surface area contributed by atoms with Crippen LogP contribution in [-0.2, 0) is 10.0 Å². The van der Waals surface area contributed by atoms with E-state index in [9.17, 15) is 13.2 Å². The van der Waals surface area contributed by atoms with Crippen LogP contribution in [0.3, 0.4) is 0 Å². The fraction of sp³-hybridized carbons (Fsp3) is 0.316. The first kappa shape index (κ1) is 23.0. The SMILES string of the molecule is Cc1ccc(C)c(S(=O)(=O)Nc2cccc(C(=O)NCC(C)(C)N)c2)c1.Cl. The minimum atomic E-state index is -3.75. The Balaban J connectivity index is 0.00000364. The lowest BCUT2D eigenvalue weighted by molar-refractivity contribution is 0.0946.